The van der Waals surface area contributed by atoms with Crippen molar-refractivity contribution in [2.24, 2.45) is 0 Å². The van der Waals surface area contributed by atoms with E-state index in [-0.39, 0.29) is 16.7 Å². The molecule has 0 heterocycles. The highest BCUT2D eigenvalue weighted by atomic mass is 32.2. The Morgan fingerprint density at radius 1 is 1.03 bits per heavy atom. The first kappa shape index (κ1) is 22.4. The predicted molar refractivity (Wildman–Crippen MR) is 111 cm³/mol. The molecule has 152 valence electrons. The van der Waals surface area contributed by atoms with Gasteiger partial charge in [-0.2, -0.15) is 9.57 Å². The molecule has 0 saturated carbocycles. The van der Waals surface area contributed by atoms with Crippen LogP contribution in [0.5, 0.6) is 0 Å². The van der Waals surface area contributed by atoms with Crippen LogP contribution in [0.2, 0.25) is 0 Å². The summed E-state index contributed by atoms with van der Waals surface area (Å²) in [6.07, 6.45) is 0. The molecule has 1 N–H and O–H groups in total. The second-order valence-electron chi connectivity index (χ2n) is 6.23. The van der Waals surface area contributed by atoms with E-state index in [4.69, 9.17) is 5.26 Å². The Hall–Kier alpha value is -2.87. The fourth-order valence-electron chi connectivity index (χ4n) is 2.17. The van der Waals surface area contributed by atoms with Crippen LogP contribution in [0, 0.1) is 11.3 Å². The number of benzene rings is 2. The molecule has 0 radical (unpaired) electrons. The van der Waals surface area contributed by atoms with Crippen LogP contribution >= 0.6 is 11.8 Å². The molecule has 2 aromatic carbocycles. The number of carbonyl (C=O) groups is 2. The Balaban J connectivity index is 1.98. The molecule has 0 aromatic heterocycles. The van der Waals surface area contributed by atoms with E-state index in [1.807, 2.05) is 6.07 Å². The molecule has 0 atom stereocenters. The second-order valence-corrected chi connectivity index (χ2v) is 9.30. The van der Waals surface area contributed by atoms with Crippen molar-refractivity contribution in [2.45, 2.75) is 9.79 Å². The molecule has 0 unspecified atom stereocenters. The molecule has 0 saturated heterocycles. The average molecular weight is 433 g/mol. The van der Waals surface area contributed by atoms with Gasteiger partial charge in [-0.15, -0.1) is 0 Å². The van der Waals surface area contributed by atoms with E-state index in [0.29, 0.717) is 11.3 Å². The normalized spacial score (nSPS) is 11.0. The number of thioether (sulfide) groups is 1. The summed E-state index contributed by atoms with van der Waals surface area (Å²) < 4.78 is 26.0. The summed E-state index contributed by atoms with van der Waals surface area (Å²) in [5.74, 6) is -0.505. The van der Waals surface area contributed by atoms with Gasteiger partial charge in [0.2, 0.25) is 15.9 Å². The number of nitrogens with zero attached hydrogens (tertiary/aromatic N) is 3. The molecule has 0 aliphatic heterocycles. The lowest BCUT2D eigenvalue weighted by Gasteiger charge is -2.17. The lowest BCUT2D eigenvalue weighted by atomic mass is 10.2. The third-order valence-electron chi connectivity index (χ3n) is 3.77. The van der Waals surface area contributed by atoms with Gasteiger partial charge >= 0.3 is 0 Å². The van der Waals surface area contributed by atoms with Gasteiger partial charge in [0.05, 0.1) is 23.1 Å². The predicted octanol–water partition coefficient (Wildman–Crippen LogP) is 2.59. The summed E-state index contributed by atoms with van der Waals surface area (Å²) in [4.78, 5) is 26.1. The van der Waals surface area contributed by atoms with Gasteiger partial charge < -0.3 is 10.2 Å². The largest absolute Gasteiger partial charge is 0.339 e. The fraction of sp³-hybridized carbons (Fsp3) is 0.211. The van der Waals surface area contributed by atoms with Crippen molar-refractivity contribution in [1.82, 2.24) is 9.21 Å². The first-order chi connectivity index (χ1) is 13.6. The summed E-state index contributed by atoms with van der Waals surface area (Å²) in [5.41, 5.74) is 0.832. The Morgan fingerprint density at radius 2 is 1.62 bits per heavy atom. The number of rotatable bonds is 6. The standard InChI is InChI=1S/C19H20N4O4S2/c1-22(2)19(25)28-16-8-6-15(7-9-16)21-18(24)13-23(3)29(26,27)17-10-4-14(12-20)5-11-17/h4-11H,13H2,1-3H3,(H,21,24). The summed E-state index contributed by atoms with van der Waals surface area (Å²) in [6.45, 7) is -0.377. The van der Waals surface area contributed by atoms with E-state index in [9.17, 15) is 18.0 Å². The van der Waals surface area contributed by atoms with Crippen molar-refractivity contribution in [1.29, 1.82) is 5.26 Å². The summed E-state index contributed by atoms with van der Waals surface area (Å²) in [6, 6.07) is 14.0. The molecule has 0 aliphatic rings. The topological polar surface area (TPSA) is 111 Å². The first-order valence-electron chi connectivity index (χ1n) is 8.39. The van der Waals surface area contributed by atoms with Crippen LogP contribution in [0.3, 0.4) is 0 Å². The van der Waals surface area contributed by atoms with Gasteiger partial charge in [-0.3, -0.25) is 9.59 Å². The van der Waals surface area contributed by atoms with E-state index in [1.165, 1.54) is 36.2 Å². The molecule has 2 aromatic rings. The Morgan fingerprint density at radius 3 is 2.14 bits per heavy atom. The molecule has 0 fully saturated rings. The van der Waals surface area contributed by atoms with Crippen LogP contribution in [0.1, 0.15) is 5.56 Å². The fourth-order valence-corrected chi connectivity index (χ4v) is 3.95. The maximum absolute atomic E-state index is 12.5. The third-order valence-corrected chi connectivity index (χ3v) is 6.63. The van der Waals surface area contributed by atoms with E-state index in [1.54, 1.807) is 38.4 Å². The zero-order chi connectivity index (χ0) is 21.6. The van der Waals surface area contributed by atoms with Crippen molar-refractivity contribution in [3.8, 4) is 6.07 Å². The number of carbonyl (C=O) groups excluding carboxylic acids is 2. The molecule has 2 rings (SSSR count). The van der Waals surface area contributed by atoms with E-state index >= 15 is 0 Å². The van der Waals surface area contributed by atoms with Crippen LogP contribution in [0.15, 0.2) is 58.3 Å². The Bertz CT molecular complexity index is 1030. The highest BCUT2D eigenvalue weighted by molar-refractivity contribution is 8.13. The number of hydrogen-bond donors (Lipinski definition) is 1. The highest BCUT2D eigenvalue weighted by Gasteiger charge is 2.23. The van der Waals surface area contributed by atoms with Crippen LogP contribution in [0.4, 0.5) is 10.5 Å². The monoisotopic (exact) mass is 432 g/mol. The number of anilines is 1. The quantitative estimate of drug-likeness (QED) is 0.703. The van der Waals surface area contributed by atoms with E-state index in [0.717, 1.165) is 21.0 Å². The minimum absolute atomic E-state index is 0.00117. The number of likely N-dealkylation sites (N-methyl/N-ethyl adjacent to an activating group) is 1. The molecule has 0 spiro atoms. The van der Waals surface area contributed by atoms with Gasteiger partial charge in [0, 0.05) is 31.7 Å². The molecule has 8 nitrogen and oxygen atoms in total. The lowest BCUT2D eigenvalue weighted by Crippen LogP contribution is -2.34. The minimum Gasteiger partial charge on any atom is -0.339 e. The second kappa shape index (κ2) is 9.56. The smallest absolute Gasteiger partial charge is 0.285 e. The summed E-state index contributed by atoms with van der Waals surface area (Å²) in [7, 11) is 0.761. The zero-order valence-electron chi connectivity index (χ0n) is 16.1. The van der Waals surface area contributed by atoms with E-state index < -0.39 is 15.9 Å². The Labute approximate surface area is 174 Å². The lowest BCUT2D eigenvalue weighted by molar-refractivity contribution is -0.116. The van der Waals surface area contributed by atoms with Crippen LogP contribution < -0.4 is 5.32 Å². The van der Waals surface area contributed by atoms with Crippen LogP contribution in [0.25, 0.3) is 0 Å². The van der Waals surface area contributed by atoms with Crippen LogP contribution in [-0.4, -0.2) is 56.5 Å². The summed E-state index contributed by atoms with van der Waals surface area (Å²) >= 11 is 1.06. The van der Waals surface area contributed by atoms with Crippen LogP contribution in [-0.2, 0) is 14.8 Å². The molecule has 2 amide bonds. The van der Waals surface area contributed by atoms with Gasteiger partial charge in [-0.25, -0.2) is 8.42 Å². The van der Waals surface area contributed by atoms with Crippen molar-refractivity contribution in [3.05, 3.63) is 54.1 Å². The van der Waals surface area contributed by atoms with E-state index in [2.05, 4.69) is 5.32 Å². The van der Waals surface area contributed by atoms with Gasteiger partial charge in [-0.05, 0) is 60.3 Å². The zero-order valence-corrected chi connectivity index (χ0v) is 17.8. The summed E-state index contributed by atoms with van der Waals surface area (Å²) in [5, 5.41) is 11.3. The van der Waals surface area contributed by atoms with Crippen molar-refractivity contribution in [3.63, 3.8) is 0 Å². The first-order valence-corrected chi connectivity index (χ1v) is 10.6. The average Bonchev–Trinajstić information content (AvgIpc) is 2.69. The molecule has 0 aliphatic carbocycles. The molecule has 29 heavy (non-hydrogen) atoms. The number of nitriles is 1. The number of hydrogen-bond acceptors (Lipinski definition) is 6. The van der Waals surface area contributed by atoms with Gasteiger partial charge in [0.25, 0.3) is 5.24 Å². The number of amides is 2. The molecule has 10 heteroatoms. The van der Waals surface area contributed by atoms with Crippen molar-refractivity contribution in [2.75, 3.05) is 33.0 Å². The van der Waals surface area contributed by atoms with Gasteiger partial charge in [0.15, 0.2) is 0 Å². The maximum Gasteiger partial charge on any atom is 0.285 e. The highest BCUT2D eigenvalue weighted by Crippen LogP contribution is 2.22. The van der Waals surface area contributed by atoms with Crippen molar-refractivity contribution >= 4 is 38.6 Å². The molecule has 0 bridgehead atoms. The minimum atomic E-state index is -3.86. The Kier molecular flexibility index (Phi) is 7.39. The van der Waals surface area contributed by atoms with Gasteiger partial charge in [-0.1, -0.05) is 0 Å². The molecular formula is C19H20N4O4S2. The molecular weight excluding hydrogens is 412 g/mol. The van der Waals surface area contributed by atoms with Gasteiger partial charge in [0.1, 0.15) is 0 Å². The van der Waals surface area contributed by atoms with Crippen molar-refractivity contribution < 1.29 is 18.0 Å². The SMILES string of the molecule is CN(C)C(=O)Sc1ccc(NC(=O)CN(C)S(=O)(=O)c2ccc(C#N)cc2)cc1. The maximum atomic E-state index is 12.5. The number of nitrogens with one attached hydrogen (secondary N) is 1. The number of sulfonamides is 1. The third kappa shape index (κ3) is 6.05.